The number of likely N-dealkylation sites (tertiary alicyclic amines) is 2. The Morgan fingerprint density at radius 3 is 2.12 bits per heavy atom. The molecule has 0 saturated carbocycles. The summed E-state index contributed by atoms with van der Waals surface area (Å²) in [5.74, 6) is -0.517. The number of aromatic amines is 1. The van der Waals surface area contributed by atoms with E-state index in [9.17, 15) is 19.2 Å². The maximum atomic E-state index is 13.7. The van der Waals surface area contributed by atoms with Gasteiger partial charge in [0.25, 0.3) is 5.91 Å². The fraction of sp³-hybridized carbons (Fsp3) is 0.385. The van der Waals surface area contributed by atoms with Gasteiger partial charge in [0.05, 0.1) is 0 Å². The third-order valence-electron chi connectivity index (χ3n) is 10.1. The van der Waals surface area contributed by atoms with Crippen LogP contribution in [0.15, 0.2) is 78.9 Å². The Hall–Kier alpha value is -5.00. The average Bonchev–Trinajstić information content (AvgIpc) is 3.95. The largest absolute Gasteiger partial charge is 0.368 e. The molecule has 4 amide bonds. The van der Waals surface area contributed by atoms with Crippen molar-refractivity contribution in [3.05, 3.63) is 84.4 Å². The Bertz CT molecular complexity index is 1870. The molecule has 0 bridgehead atoms. The van der Waals surface area contributed by atoms with Crippen molar-refractivity contribution in [2.24, 2.45) is 0 Å². The molecule has 260 valence electrons. The van der Waals surface area contributed by atoms with Crippen molar-refractivity contribution >= 4 is 45.9 Å². The van der Waals surface area contributed by atoms with Gasteiger partial charge >= 0.3 is 0 Å². The SMILES string of the molecule is CN(C)[C@@H](C(=O)N1CCC[C@H]1C(=O)Nc1ccc2[nH]c(-c3ccc(NC(=O)C4CCCN4C(=O)[C@@H]4CCCO4)cc3)cc2c1)c1ccccc1. The van der Waals surface area contributed by atoms with E-state index in [2.05, 4.69) is 15.6 Å². The summed E-state index contributed by atoms with van der Waals surface area (Å²) >= 11 is 0. The van der Waals surface area contributed by atoms with Gasteiger partial charge in [-0.3, -0.25) is 24.1 Å². The van der Waals surface area contributed by atoms with Crippen LogP contribution < -0.4 is 10.6 Å². The quantitative estimate of drug-likeness (QED) is 0.225. The predicted octanol–water partition coefficient (Wildman–Crippen LogP) is 5.18. The Labute approximate surface area is 291 Å². The molecular weight excluding hydrogens is 632 g/mol. The number of nitrogens with one attached hydrogen (secondary N) is 3. The predicted molar refractivity (Wildman–Crippen MR) is 192 cm³/mol. The van der Waals surface area contributed by atoms with Crippen LogP contribution in [0.1, 0.15) is 50.1 Å². The molecular formula is C39H44N6O5. The maximum absolute atomic E-state index is 13.7. The molecule has 4 heterocycles. The van der Waals surface area contributed by atoms with Gasteiger partial charge < -0.3 is 30.2 Å². The number of fused-ring (bicyclic) bond motifs is 1. The van der Waals surface area contributed by atoms with Gasteiger partial charge in [0.1, 0.15) is 24.2 Å². The van der Waals surface area contributed by atoms with Gasteiger partial charge in [-0.15, -0.1) is 0 Å². The molecule has 3 fully saturated rings. The molecule has 1 aromatic heterocycles. The van der Waals surface area contributed by atoms with Gasteiger partial charge in [-0.1, -0.05) is 42.5 Å². The number of amides is 4. The normalized spacial score (nSPS) is 21.1. The molecule has 4 aromatic rings. The summed E-state index contributed by atoms with van der Waals surface area (Å²) in [5.41, 5.74) is 4.99. The van der Waals surface area contributed by atoms with E-state index < -0.39 is 24.2 Å². The summed E-state index contributed by atoms with van der Waals surface area (Å²) in [6.07, 6.45) is 3.98. The number of carbonyl (C=O) groups excluding carboxylic acids is 4. The molecule has 3 aliphatic rings. The fourth-order valence-corrected chi connectivity index (χ4v) is 7.57. The highest BCUT2D eigenvalue weighted by Crippen LogP contribution is 2.30. The second kappa shape index (κ2) is 14.5. The molecule has 11 heteroatoms. The number of ether oxygens (including phenoxy) is 1. The van der Waals surface area contributed by atoms with E-state index in [0.717, 1.165) is 47.0 Å². The molecule has 3 aromatic carbocycles. The van der Waals surface area contributed by atoms with Crippen LogP contribution in [0, 0.1) is 0 Å². The topological polar surface area (TPSA) is 127 Å². The smallest absolute Gasteiger partial charge is 0.252 e. The second-order valence-electron chi connectivity index (χ2n) is 13.7. The third kappa shape index (κ3) is 6.88. The van der Waals surface area contributed by atoms with Crippen LogP contribution >= 0.6 is 0 Å². The number of benzene rings is 3. The lowest BCUT2D eigenvalue weighted by molar-refractivity contribution is -0.144. The Kier molecular flexibility index (Phi) is 9.69. The highest BCUT2D eigenvalue weighted by Gasteiger charge is 2.39. The number of aromatic nitrogens is 1. The second-order valence-corrected chi connectivity index (χ2v) is 13.7. The number of anilines is 2. The summed E-state index contributed by atoms with van der Waals surface area (Å²) in [7, 11) is 3.77. The highest BCUT2D eigenvalue weighted by atomic mass is 16.5. The number of nitrogens with zero attached hydrogens (tertiary/aromatic N) is 3. The summed E-state index contributed by atoms with van der Waals surface area (Å²) in [6.45, 7) is 1.72. The van der Waals surface area contributed by atoms with Crippen molar-refractivity contribution in [2.45, 2.75) is 62.8 Å². The highest BCUT2D eigenvalue weighted by molar-refractivity contribution is 6.01. The molecule has 3 N–H and O–H groups in total. The molecule has 4 atom stereocenters. The average molecular weight is 677 g/mol. The number of rotatable bonds is 9. The monoisotopic (exact) mass is 676 g/mol. The van der Waals surface area contributed by atoms with Gasteiger partial charge in [-0.05, 0) is 100 Å². The summed E-state index contributed by atoms with van der Waals surface area (Å²) in [5, 5.41) is 6.99. The Morgan fingerprint density at radius 2 is 1.44 bits per heavy atom. The summed E-state index contributed by atoms with van der Waals surface area (Å²) < 4.78 is 5.57. The minimum absolute atomic E-state index is 0.0693. The number of H-pyrrole nitrogens is 1. The van der Waals surface area contributed by atoms with E-state index in [1.54, 1.807) is 9.80 Å². The van der Waals surface area contributed by atoms with Gasteiger partial charge in [0, 0.05) is 47.7 Å². The number of carbonyl (C=O) groups is 4. The summed E-state index contributed by atoms with van der Waals surface area (Å²) in [6, 6.07) is 23.5. The maximum Gasteiger partial charge on any atom is 0.252 e. The van der Waals surface area contributed by atoms with Gasteiger partial charge in [-0.2, -0.15) is 0 Å². The fourth-order valence-electron chi connectivity index (χ4n) is 7.57. The molecule has 50 heavy (non-hydrogen) atoms. The van der Waals surface area contributed by atoms with E-state index in [1.165, 1.54) is 0 Å². The van der Waals surface area contributed by atoms with E-state index in [1.807, 2.05) is 97.9 Å². The number of hydrogen-bond donors (Lipinski definition) is 3. The molecule has 0 aliphatic carbocycles. The van der Waals surface area contributed by atoms with Crippen LogP contribution in [0.25, 0.3) is 22.2 Å². The lowest BCUT2D eigenvalue weighted by Gasteiger charge is -2.31. The standard InChI is InChI=1S/C39H44N6O5/c1-43(2)35(26-9-4-3-5-10-26)39(49)45-21-7-12-33(45)37(47)41-29-18-19-30-27(23-29)24-31(42-30)25-14-16-28(17-15-25)40-36(46)32-11-6-20-44(32)38(48)34-13-8-22-50-34/h3-5,9-10,14-19,23-24,32-35,42H,6-8,11-13,20-22H2,1-2H3,(H,40,46)(H,41,47)/t32?,33-,34-,35+/m0/s1. The Morgan fingerprint density at radius 1 is 0.780 bits per heavy atom. The van der Waals surface area contributed by atoms with Crippen molar-refractivity contribution in [1.29, 1.82) is 0 Å². The van der Waals surface area contributed by atoms with Gasteiger partial charge in [0.2, 0.25) is 17.7 Å². The first-order valence-corrected chi connectivity index (χ1v) is 17.6. The van der Waals surface area contributed by atoms with Crippen LogP contribution in [-0.2, 0) is 23.9 Å². The molecule has 3 aliphatic heterocycles. The minimum Gasteiger partial charge on any atom is -0.368 e. The van der Waals surface area contributed by atoms with Crippen molar-refractivity contribution in [2.75, 3.05) is 44.4 Å². The first kappa shape index (κ1) is 33.5. The van der Waals surface area contributed by atoms with Crippen LogP contribution in [0.3, 0.4) is 0 Å². The van der Waals surface area contributed by atoms with Gasteiger partial charge in [-0.25, -0.2) is 0 Å². The first-order valence-electron chi connectivity index (χ1n) is 17.6. The zero-order valence-corrected chi connectivity index (χ0v) is 28.6. The molecule has 0 spiro atoms. The van der Waals surface area contributed by atoms with E-state index in [4.69, 9.17) is 4.74 Å². The van der Waals surface area contributed by atoms with Crippen molar-refractivity contribution in [3.63, 3.8) is 0 Å². The lowest BCUT2D eigenvalue weighted by Crippen LogP contribution is -2.47. The third-order valence-corrected chi connectivity index (χ3v) is 10.1. The zero-order valence-electron chi connectivity index (χ0n) is 28.6. The summed E-state index contributed by atoms with van der Waals surface area (Å²) in [4.78, 5) is 62.1. The van der Waals surface area contributed by atoms with Crippen LogP contribution in [0.5, 0.6) is 0 Å². The van der Waals surface area contributed by atoms with Gasteiger partial charge in [0.15, 0.2) is 0 Å². The molecule has 3 saturated heterocycles. The molecule has 0 radical (unpaired) electrons. The van der Waals surface area contributed by atoms with Crippen molar-refractivity contribution in [1.82, 2.24) is 19.7 Å². The van der Waals surface area contributed by atoms with Crippen LogP contribution in [-0.4, -0.2) is 95.3 Å². The molecule has 7 rings (SSSR count). The first-order chi connectivity index (χ1) is 24.3. The van der Waals surface area contributed by atoms with E-state index in [0.29, 0.717) is 50.3 Å². The molecule has 1 unspecified atom stereocenters. The minimum atomic E-state index is -0.538. The Balaban J connectivity index is 0.991. The lowest BCUT2D eigenvalue weighted by atomic mass is 10.0. The number of hydrogen-bond acceptors (Lipinski definition) is 6. The van der Waals surface area contributed by atoms with Crippen LogP contribution in [0.2, 0.25) is 0 Å². The van der Waals surface area contributed by atoms with Crippen molar-refractivity contribution < 1.29 is 23.9 Å². The zero-order chi connectivity index (χ0) is 34.8. The van der Waals surface area contributed by atoms with E-state index >= 15 is 0 Å². The van der Waals surface area contributed by atoms with Crippen molar-refractivity contribution in [3.8, 4) is 11.3 Å². The van der Waals surface area contributed by atoms with Crippen LogP contribution in [0.4, 0.5) is 11.4 Å². The number of likely N-dealkylation sites (N-methyl/N-ethyl adjacent to an activating group) is 1. The molecule has 11 nitrogen and oxygen atoms in total. The van der Waals surface area contributed by atoms with E-state index in [-0.39, 0.29) is 23.6 Å².